The highest BCUT2D eigenvalue weighted by atomic mass is 16.5. The first-order valence-corrected chi connectivity index (χ1v) is 4.17. The molecule has 0 radical (unpaired) electrons. The van der Waals surface area contributed by atoms with Gasteiger partial charge in [-0.15, -0.1) is 0 Å². The summed E-state index contributed by atoms with van der Waals surface area (Å²) < 4.78 is 5.45. The zero-order valence-corrected chi connectivity index (χ0v) is 6.95. The number of carbonyl (C=O) groups is 1. The molecular formula is C8H15NO2. The molecule has 3 heteroatoms. The maximum Gasteiger partial charge on any atom is 0.209 e. The number of hydrogen-bond acceptors (Lipinski definition) is 2. The Morgan fingerprint density at radius 2 is 2.55 bits per heavy atom. The SMILES string of the molecule is CCCC1CN(C=O)CCO1. The molecule has 3 nitrogen and oxygen atoms in total. The number of hydrogen-bond donors (Lipinski definition) is 0. The Labute approximate surface area is 67.3 Å². The van der Waals surface area contributed by atoms with Crippen molar-refractivity contribution in [1.82, 2.24) is 4.90 Å². The molecule has 0 aromatic carbocycles. The molecule has 1 unspecified atom stereocenters. The van der Waals surface area contributed by atoms with E-state index in [2.05, 4.69) is 6.92 Å². The first-order valence-electron chi connectivity index (χ1n) is 4.17. The quantitative estimate of drug-likeness (QED) is 0.563. The smallest absolute Gasteiger partial charge is 0.209 e. The van der Waals surface area contributed by atoms with Crippen molar-refractivity contribution in [1.29, 1.82) is 0 Å². The molecule has 0 aromatic rings. The Kier molecular flexibility index (Phi) is 3.36. The highest BCUT2D eigenvalue weighted by Gasteiger charge is 2.17. The average Bonchev–Trinajstić information content (AvgIpc) is 2.06. The molecule has 1 aliphatic rings. The van der Waals surface area contributed by atoms with Gasteiger partial charge in [-0.3, -0.25) is 4.79 Å². The molecule has 1 rings (SSSR count). The van der Waals surface area contributed by atoms with Crippen molar-refractivity contribution >= 4 is 6.41 Å². The van der Waals surface area contributed by atoms with Crippen molar-refractivity contribution in [3.05, 3.63) is 0 Å². The van der Waals surface area contributed by atoms with Gasteiger partial charge in [-0.05, 0) is 6.42 Å². The van der Waals surface area contributed by atoms with Crippen LogP contribution in [-0.4, -0.2) is 37.1 Å². The van der Waals surface area contributed by atoms with Crippen LogP contribution < -0.4 is 0 Å². The molecule has 1 atom stereocenters. The summed E-state index contributed by atoms with van der Waals surface area (Å²) in [6.45, 7) is 4.35. The van der Waals surface area contributed by atoms with Gasteiger partial charge in [0.05, 0.1) is 12.7 Å². The fraction of sp³-hybridized carbons (Fsp3) is 0.875. The summed E-state index contributed by atoms with van der Waals surface area (Å²) in [5, 5.41) is 0. The predicted molar refractivity (Wildman–Crippen MR) is 42.3 cm³/mol. The molecule has 1 saturated heterocycles. The molecule has 0 saturated carbocycles. The third-order valence-corrected chi connectivity index (χ3v) is 1.93. The monoisotopic (exact) mass is 157 g/mol. The minimum atomic E-state index is 0.277. The molecule has 1 heterocycles. The van der Waals surface area contributed by atoms with Gasteiger partial charge >= 0.3 is 0 Å². The van der Waals surface area contributed by atoms with Crippen LogP contribution in [-0.2, 0) is 9.53 Å². The van der Waals surface area contributed by atoms with Crippen LogP contribution in [0, 0.1) is 0 Å². The van der Waals surface area contributed by atoms with Crippen LogP contribution in [0.5, 0.6) is 0 Å². The second-order valence-electron chi connectivity index (χ2n) is 2.88. The van der Waals surface area contributed by atoms with Crippen molar-refractivity contribution in [3.63, 3.8) is 0 Å². The van der Waals surface area contributed by atoms with E-state index >= 15 is 0 Å². The Hall–Kier alpha value is -0.570. The molecule has 11 heavy (non-hydrogen) atoms. The van der Waals surface area contributed by atoms with Gasteiger partial charge in [0.25, 0.3) is 0 Å². The van der Waals surface area contributed by atoms with Crippen LogP contribution in [0.4, 0.5) is 0 Å². The van der Waals surface area contributed by atoms with E-state index in [-0.39, 0.29) is 6.10 Å². The van der Waals surface area contributed by atoms with Gasteiger partial charge in [0.15, 0.2) is 0 Å². The Bertz CT molecular complexity index is 125. The lowest BCUT2D eigenvalue weighted by atomic mass is 10.2. The van der Waals surface area contributed by atoms with E-state index in [9.17, 15) is 4.79 Å². The lowest BCUT2D eigenvalue weighted by molar-refractivity contribution is -0.125. The van der Waals surface area contributed by atoms with Crippen molar-refractivity contribution in [3.8, 4) is 0 Å². The van der Waals surface area contributed by atoms with Crippen LogP contribution in [0.3, 0.4) is 0 Å². The third kappa shape index (κ3) is 2.50. The number of amides is 1. The normalized spacial score (nSPS) is 25.2. The van der Waals surface area contributed by atoms with Gasteiger partial charge in [0.2, 0.25) is 6.41 Å². The van der Waals surface area contributed by atoms with Crippen LogP contribution in [0.25, 0.3) is 0 Å². The summed E-state index contributed by atoms with van der Waals surface area (Å²) in [6, 6.07) is 0. The highest BCUT2D eigenvalue weighted by molar-refractivity contribution is 5.47. The molecule has 1 amide bonds. The maximum atomic E-state index is 10.4. The number of ether oxygens (including phenoxy) is 1. The van der Waals surface area contributed by atoms with Crippen molar-refractivity contribution < 1.29 is 9.53 Å². The first kappa shape index (κ1) is 8.53. The molecule has 0 spiro atoms. The highest BCUT2D eigenvalue weighted by Crippen LogP contribution is 2.08. The Balaban J connectivity index is 2.27. The molecule has 1 aliphatic heterocycles. The summed E-state index contributed by atoms with van der Waals surface area (Å²) >= 11 is 0. The topological polar surface area (TPSA) is 29.5 Å². The van der Waals surface area contributed by atoms with E-state index in [0.717, 1.165) is 32.3 Å². The van der Waals surface area contributed by atoms with Gasteiger partial charge in [-0.1, -0.05) is 13.3 Å². The van der Waals surface area contributed by atoms with Gasteiger partial charge in [-0.2, -0.15) is 0 Å². The number of rotatable bonds is 3. The molecule has 64 valence electrons. The summed E-state index contributed by atoms with van der Waals surface area (Å²) in [5.41, 5.74) is 0. The van der Waals surface area contributed by atoms with Crippen LogP contribution in [0.2, 0.25) is 0 Å². The fourth-order valence-electron chi connectivity index (χ4n) is 1.33. The van der Waals surface area contributed by atoms with Crippen molar-refractivity contribution in [2.75, 3.05) is 19.7 Å². The number of carbonyl (C=O) groups excluding carboxylic acids is 1. The molecule has 0 aliphatic carbocycles. The summed E-state index contributed by atoms with van der Waals surface area (Å²) in [6.07, 6.45) is 3.37. The third-order valence-electron chi connectivity index (χ3n) is 1.93. The second-order valence-corrected chi connectivity index (χ2v) is 2.88. The van der Waals surface area contributed by atoms with Gasteiger partial charge in [0, 0.05) is 13.1 Å². The largest absolute Gasteiger partial charge is 0.375 e. The van der Waals surface area contributed by atoms with E-state index in [4.69, 9.17) is 4.74 Å². The second kappa shape index (κ2) is 4.34. The molecule has 1 fully saturated rings. The zero-order chi connectivity index (χ0) is 8.10. The summed E-state index contributed by atoms with van der Waals surface area (Å²) in [7, 11) is 0. The van der Waals surface area contributed by atoms with Crippen LogP contribution in [0.1, 0.15) is 19.8 Å². The standard InChI is InChI=1S/C8H15NO2/c1-2-3-8-6-9(7-10)4-5-11-8/h7-8H,2-6H2,1H3. The molecular weight excluding hydrogens is 142 g/mol. The minimum Gasteiger partial charge on any atom is -0.375 e. The van der Waals surface area contributed by atoms with E-state index < -0.39 is 0 Å². The minimum absolute atomic E-state index is 0.277. The molecule has 0 N–H and O–H groups in total. The lowest BCUT2D eigenvalue weighted by Gasteiger charge is -2.29. The maximum absolute atomic E-state index is 10.4. The van der Waals surface area contributed by atoms with Crippen LogP contribution >= 0.6 is 0 Å². The Morgan fingerprint density at radius 3 is 3.18 bits per heavy atom. The van der Waals surface area contributed by atoms with Crippen LogP contribution in [0.15, 0.2) is 0 Å². The van der Waals surface area contributed by atoms with Gasteiger partial charge in [0.1, 0.15) is 0 Å². The molecule has 0 bridgehead atoms. The van der Waals surface area contributed by atoms with Crippen molar-refractivity contribution in [2.45, 2.75) is 25.9 Å². The van der Waals surface area contributed by atoms with Crippen molar-refractivity contribution in [2.24, 2.45) is 0 Å². The number of morpholine rings is 1. The van der Waals surface area contributed by atoms with E-state index in [1.54, 1.807) is 4.90 Å². The lowest BCUT2D eigenvalue weighted by Crippen LogP contribution is -2.41. The van der Waals surface area contributed by atoms with E-state index in [0.29, 0.717) is 6.61 Å². The van der Waals surface area contributed by atoms with Gasteiger partial charge in [-0.25, -0.2) is 0 Å². The summed E-state index contributed by atoms with van der Waals surface area (Å²) in [4.78, 5) is 12.2. The molecule has 0 aromatic heterocycles. The summed E-state index contributed by atoms with van der Waals surface area (Å²) in [5.74, 6) is 0. The Morgan fingerprint density at radius 1 is 1.73 bits per heavy atom. The average molecular weight is 157 g/mol. The van der Waals surface area contributed by atoms with E-state index in [1.807, 2.05) is 0 Å². The first-order chi connectivity index (χ1) is 5.36. The predicted octanol–water partition coefficient (Wildman–Crippen LogP) is 0.644. The van der Waals surface area contributed by atoms with E-state index in [1.165, 1.54) is 0 Å². The fourth-order valence-corrected chi connectivity index (χ4v) is 1.33. The zero-order valence-electron chi connectivity index (χ0n) is 6.95. The number of nitrogens with zero attached hydrogens (tertiary/aromatic N) is 1. The van der Waals surface area contributed by atoms with Gasteiger partial charge < -0.3 is 9.64 Å².